The average molecular weight is 390 g/mol. The number of fused-ring (bicyclic) bond motifs is 3. The Hall–Kier alpha value is -4.39. The second kappa shape index (κ2) is 6.97. The second-order valence-corrected chi connectivity index (χ2v) is 6.05. The van der Waals surface area contributed by atoms with Gasteiger partial charge in [0.05, 0.1) is 35.9 Å². The van der Waals surface area contributed by atoms with E-state index in [0.29, 0.717) is 34.0 Å². The molecule has 2 aromatic carbocycles. The van der Waals surface area contributed by atoms with Crippen molar-refractivity contribution in [2.75, 3.05) is 19.5 Å². The van der Waals surface area contributed by atoms with Crippen molar-refractivity contribution < 1.29 is 14.4 Å². The summed E-state index contributed by atoms with van der Waals surface area (Å²) in [6, 6.07) is 9.58. The van der Waals surface area contributed by atoms with E-state index in [-0.39, 0.29) is 11.3 Å². The van der Waals surface area contributed by atoms with Gasteiger partial charge in [-0.2, -0.15) is 5.26 Å². The van der Waals surface area contributed by atoms with Gasteiger partial charge in [0.2, 0.25) is 0 Å². The number of benzene rings is 2. The second-order valence-electron chi connectivity index (χ2n) is 6.05. The highest BCUT2D eigenvalue weighted by Gasteiger charge is 2.16. The summed E-state index contributed by atoms with van der Waals surface area (Å²) in [6.07, 6.45) is 1.39. The van der Waals surface area contributed by atoms with Crippen LogP contribution in [0.5, 0.6) is 11.5 Å². The number of aromatic amines is 1. The predicted octanol–water partition coefficient (Wildman–Crippen LogP) is 3.65. The van der Waals surface area contributed by atoms with E-state index in [1.54, 1.807) is 20.3 Å². The third-order valence-corrected chi connectivity index (χ3v) is 4.47. The third kappa shape index (κ3) is 3.00. The van der Waals surface area contributed by atoms with E-state index in [1.807, 2.05) is 12.1 Å². The lowest BCUT2D eigenvalue weighted by molar-refractivity contribution is -0.384. The summed E-state index contributed by atoms with van der Waals surface area (Å²) in [7, 11) is 3.11. The largest absolute Gasteiger partial charge is 0.493 e. The summed E-state index contributed by atoms with van der Waals surface area (Å²) in [5.41, 5.74) is 2.39. The highest BCUT2D eigenvalue weighted by atomic mass is 16.6. The summed E-state index contributed by atoms with van der Waals surface area (Å²) in [5.74, 6) is 1.56. The van der Waals surface area contributed by atoms with Crippen molar-refractivity contribution in [2.45, 2.75) is 0 Å². The van der Waals surface area contributed by atoms with Crippen molar-refractivity contribution in [2.24, 2.45) is 0 Å². The fourth-order valence-corrected chi connectivity index (χ4v) is 3.09. The molecule has 0 radical (unpaired) electrons. The average Bonchev–Trinajstić information content (AvgIpc) is 3.11. The lowest BCUT2D eigenvalue weighted by Crippen LogP contribution is -1.99. The van der Waals surface area contributed by atoms with Crippen molar-refractivity contribution in [1.82, 2.24) is 15.0 Å². The zero-order valence-corrected chi connectivity index (χ0v) is 15.4. The first kappa shape index (κ1) is 18.0. The molecule has 0 fully saturated rings. The summed E-state index contributed by atoms with van der Waals surface area (Å²) >= 11 is 0. The molecule has 10 heteroatoms. The van der Waals surface area contributed by atoms with Gasteiger partial charge in [-0.25, -0.2) is 9.97 Å². The Labute approximate surface area is 163 Å². The summed E-state index contributed by atoms with van der Waals surface area (Å²) in [6.45, 7) is 0. The molecule has 0 spiro atoms. The molecule has 0 bridgehead atoms. The third-order valence-electron chi connectivity index (χ3n) is 4.47. The number of nitrogens with zero attached hydrogens (tertiary/aromatic N) is 4. The number of nitro benzene ring substituents is 1. The lowest BCUT2D eigenvalue weighted by Gasteiger charge is -2.08. The van der Waals surface area contributed by atoms with E-state index in [4.69, 9.17) is 9.47 Å². The number of nitrogens with one attached hydrogen (secondary N) is 2. The zero-order valence-electron chi connectivity index (χ0n) is 15.4. The van der Waals surface area contributed by atoms with Crippen LogP contribution in [-0.2, 0) is 0 Å². The number of H-pyrrole nitrogens is 1. The van der Waals surface area contributed by atoms with Crippen LogP contribution in [-0.4, -0.2) is 34.1 Å². The maximum atomic E-state index is 10.9. The number of nitro groups is 1. The Kier molecular flexibility index (Phi) is 4.33. The number of hydrogen-bond donors (Lipinski definition) is 2. The predicted molar refractivity (Wildman–Crippen MR) is 106 cm³/mol. The molecule has 144 valence electrons. The number of hydrogen-bond acceptors (Lipinski definition) is 8. The van der Waals surface area contributed by atoms with E-state index < -0.39 is 4.92 Å². The van der Waals surface area contributed by atoms with Crippen LogP contribution in [0.25, 0.3) is 21.9 Å². The molecule has 4 aromatic rings. The van der Waals surface area contributed by atoms with Crippen LogP contribution < -0.4 is 14.8 Å². The molecular formula is C19H14N6O4. The van der Waals surface area contributed by atoms with Gasteiger partial charge in [-0.15, -0.1) is 0 Å². The Morgan fingerprint density at radius 2 is 1.93 bits per heavy atom. The Balaban J connectivity index is 1.85. The van der Waals surface area contributed by atoms with E-state index >= 15 is 0 Å². The van der Waals surface area contributed by atoms with Crippen molar-refractivity contribution >= 4 is 39.1 Å². The quantitative estimate of drug-likeness (QED) is 0.389. The first-order valence-electron chi connectivity index (χ1n) is 8.39. The number of methoxy groups -OCH3 is 2. The van der Waals surface area contributed by atoms with Crippen LogP contribution in [0.3, 0.4) is 0 Å². The Morgan fingerprint density at radius 1 is 1.17 bits per heavy atom. The summed E-state index contributed by atoms with van der Waals surface area (Å²) in [5, 5.41) is 24.2. The smallest absolute Gasteiger partial charge is 0.270 e. The molecule has 4 rings (SSSR count). The molecular weight excluding hydrogens is 376 g/mol. The molecule has 0 unspecified atom stereocenters. The van der Waals surface area contributed by atoms with Crippen molar-refractivity contribution in [3.63, 3.8) is 0 Å². The molecule has 0 saturated carbocycles. The highest BCUT2D eigenvalue weighted by Crippen LogP contribution is 2.37. The molecule has 0 aliphatic rings. The molecule has 0 atom stereocenters. The summed E-state index contributed by atoms with van der Waals surface area (Å²) in [4.78, 5) is 22.2. The number of rotatable bonds is 5. The number of aromatic nitrogens is 3. The van der Waals surface area contributed by atoms with Crippen molar-refractivity contribution in [3.8, 4) is 17.6 Å². The fraction of sp³-hybridized carbons (Fsp3) is 0.105. The molecule has 0 aliphatic heterocycles. The summed E-state index contributed by atoms with van der Waals surface area (Å²) < 4.78 is 10.7. The standard InChI is InChI=1S/C19H14N6O4/c1-28-15-6-12-14(7-16(15)29-2)23-18-17(12)21-9-22-19(18)24-13-4-3-11(25(26)27)5-10(13)8-20/h3-7,9,23H,1-2H3,(H,21,22,24). The first-order chi connectivity index (χ1) is 14.0. The molecule has 29 heavy (non-hydrogen) atoms. The minimum Gasteiger partial charge on any atom is -0.493 e. The van der Waals surface area contributed by atoms with Crippen LogP contribution in [0.2, 0.25) is 0 Å². The maximum Gasteiger partial charge on any atom is 0.270 e. The number of ether oxygens (including phenoxy) is 2. The van der Waals surface area contributed by atoms with E-state index in [9.17, 15) is 15.4 Å². The van der Waals surface area contributed by atoms with Gasteiger partial charge in [0.1, 0.15) is 23.4 Å². The first-order valence-corrected chi connectivity index (χ1v) is 8.39. The van der Waals surface area contributed by atoms with Crippen LogP contribution in [0, 0.1) is 21.4 Å². The van der Waals surface area contributed by atoms with Crippen molar-refractivity contribution in [3.05, 3.63) is 52.3 Å². The fourth-order valence-electron chi connectivity index (χ4n) is 3.09. The molecule has 0 saturated heterocycles. The van der Waals surface area contributed by atoms with Crippen LogP contribution in [0.15, 0.2) is 36.7 Å². The Bertz CT molecular complexity index is 1310. The Morgan fingerprint density at radius 3 is 2.62 bits per heavy atom. The van der Waals surface area contributed by atoms with Gasteiger partial charge in [-0.05, 0) is 12.1 Å². The van der Waals surface area contributed by atoms with E-state index in [2.05, 4.69) is 20.3 Å². The molecule has 0 amide bonds. The topological polar surface area (TPSA) is 139 Å². The SMILES string of the molecule is COc1cc2[nH]c3c(Nc4ccc([N+](=O)[O-])cc4C#N)ncnc3c2cc1OC. The number of non-ortho nitro benzene ring substituents is 1. The van der Waals surface area contributed by atoms with Gasteiger partial charge < -0.3 is 19.8 Å². The van der Waals surface area contributed by atoms with Crippen LogP contribution in [0.1, 0.15) is 5.56 Å². The normalized spacial score (nSPS) is 10.7. The van der Waals surface area contributed by atoms with Gasteiger partial charge in [-0.1, -0.05) is 0 Å². The minimum absolute atomic E-state index is 0.130. The molecule has 2 heterocycles. The zero-order chi connectivity index (χ0) is 20.5. The molecule has 2 aromatic heterocycles. The van der Waals surface area contributed by atoms with Gasteiger partial charge in [0, 0.05) is 23.6 Å². The highest BCUT2D eigenvalue weighted by molar-refractivity contribution is 6.09. The number of nitriles is 1. The molecule has 2 N–H and O–H groups in total. The molecule has 10 nitrogen and oxygen atoms in total. The monoisotopic (exact) mass is 390 g/mol. The number of anilines is 2. The lowest BCUT2D eigenvalue weighted by atomic mass is 10.1. The maximum absolute atomic E-state index is 10.9. The minimum atomic E-state index is -0.550. The van der Waals surface area contributed by atoms with Crippen LogP contribution >= 0.6 is 0 Å². The molecule has 0 aliphatic carbocycles. The van der Waals surface area contributed by atoms with Gasteiger partial charge in [0.15, 0.2) is 17.3 Å². The van der Waals surface area contributed by atoms with E-state index in [1.165, 1.54) is 24.5 Å². The van der Waals surface area contributed by atoms with Crippen LogP contribution in [0.4, 0.5) is 17.2 Å². The van der Waals surface area contributed by atoms with Gasteiger partial charge in [0.25, 0.3) is 5.69 Å². The van der Waals surface area contributed by atoms with Crippen molar-refractivity contribution in [1.29, 1.82) is 5.26 Å². The van der Waals surface area contributed by atoms with E-state index in [0.717, 1.165) is 10.9 Å². The van der Waals surface area contributed by atoms with Gasteiger partial charge in [-0.3, -0.25) is 10.1 Å². The van der Waals surface area contributed by atoms with Gasteiger partial charge >= 0.3 is 0 Å².